The van der Waals surface area contributed by atoms with Crippen LogP contribution in [0.5, 0.6) is 0 Å². The second-order valence-electron chi connectivity index (χ2n) is 6.80. The van der Waals surface area contributed by atoms with Crippen LogP contribution in [0.15, 0.2) is 97.6 Å². The van der Waals surface area contributed by atoms with Gasteiger partial charge in [0.1, 0.15) is 11.6 Å². The molecule has 0 aliphatic carbocycles. The summed E-state index contributed by atoms with van der Waals surface area (Å²) in [5.41, 5.74) is 10.7. The number of aromatic nitrogens is 2. The van der Waals surface area contributed by atoms with E-state index in [0.717, 1.165) is 48.5 Å². The van der Waals surface area contributed by atoms with Gasteiger partial charge in [0, 0.05) is 24.8 Å². The van der Waals surface area contributed by atoms with E-state index in [9.17, 15) is 38.2 Å². The predicted molar refractivity (Wildman–Crippen MR) is 137 cm³/mol. The van der Waals surface area contributed by atoms with Gasteiger partial charge in [-0.1, -0.05) is 24.3 Å². The molecule has 41 heavy (non-hydrogen) atoms. The van der Waals surface area contributed by atoms with Gasteiger partial charge in [0.05, 0.1) is 23.1 Å². The van der Waals surface area contributed by atoms with Gasteiger partial charge in [-0.3, -0.25) is 19.6 Å². The first kappa shape index (κ1) is 40.4. The molecular weight excluding hydrogens is 593 g/mol. The topological polar surface area (TPSA) is 258 Å². The second kappa shape index (κ2) is 21.8. The molecule has 2 aromatic carbocycles. The first-order chi connectivity index (χ1) is 18.0. The van der Waals surface area contributed by atoms with Gasteiger partial charge < -0.3 is 42.2 Å². The molecule has 0 aliphatic rings. The molecule has 2 amide bonds. The number of aromatic carboxylic acids is 2. The number of carboxylic acid groups (broad SMARTS) is 2. The van der Waals surface area contributed by atoms with E-state index in [-0.39, 0.29) is 38.6 Å². The van der Waals surface area contributed by atoms with E-state index < -0.39 is 35.4 Å². The van der Waals surface area contributed by atoms with E-state index in [0.29, 0.717) is 11.1 Å². The Labute approximate surface area is 242 Å². The average Bonchev–Trinajstić information content (AvgIpc) is 2.91. The Balaban J connectivity index is -0.000000459. The number of nitrogens with two attached hydrogens (primary N) is 2. The summed E-state index contributed by atoms with van der Waals surface area (Å²) in [6, 6.07) is 15.5. The van der Waals surface area contributed by atoms with Gasteiger partial charge in [-0.25, -0.2) is 8.78 Å². The van der Waals surface area contributed by atoms with Crippen LogP contribution in [0.2, 0.25) is 0 Å². The quantitative estimate of drug-likeness (QED) is 0.209. The normalized spacial score (nSPS) is 8.44. The minimum Gasteiger partial charge on any atom is -0.545 e. The third-order valence-electron chi connectivity index (χ3n) is 4.05. The zero-order chi connectivity index (χ0) is 28.5. The number of rotatable bonds is 4. The summed E-state index contributed by atoms with van der Waals surface area (Å²) in [5, 5.41) is 20.2. The molecule has 0 aliphatic heterocycles. The Bertz CT molecular complexity index is 1230. The molecule has 4 aromatic rings. The maximum Gasteiger partial charge on any atom is 2.00 e. The number of hydrogen-bond acceptors (Lipinski definition) is 8. The minimum atomic E-state index is -1.29. The molecule has 4 rings (SSSR count). The van der Waals surface area contributed by atoms with Gasteiger partial charge in [-0.05, 0) is 59.7 Å². The number of halogens is 2. The van der Waals surface area contributed by atoms with Gasteiger partial charge in [0.25, 0.3) is 0 Å². The summed E-state index contributed by atoms with van der Waals surface area (Å²) < 4.78 is 24.3. The SMILES string of the molecule is NC(=O)c1cccnc1.NC(=O)c1cccnc1.O=C([O-])c1ccc(F)cc1.O=C([O-])c1ccc(F)cc1.[Ni+2].[OH3+].[OH3+]. The Kier molecular flexibility index (Phi) is 21.5. The number of carbonyl (C=O) groups excluding carboxylic acids is 4. The van der Waals surface area contributed by atoms with Crippen LogP contribution in [0.25, 0.3) is 0 Å². The summed E-state index contributed by atoms with van der Waals surface area (Å²) in [6.07, 6.45) is 6.05. The van der Waals surface area contributed by atoms with Crippen molar-refractivity contribution in [3.05, 3.63) is 131 Å². The minimum absolute atomic E-state index is 0. The van der Waals surface area contributed by atoms with Gasteiger partial charge in [-0.15, -0.1) is 0 Å². The molecule has 0 saturated carbocycles. The Morgan fingerprint density at radius 3 is 1.02 bits per heavy atom. The zero-order valence-electron chi connectivity index (χ0n) is 21.0. The molecule has 0 bridgehead atoms. The van der Waals surface area contributed by atoms with Crippen molar-refractivity contribution in [2.24, 2.45) is 11.5 Å². The van der Waals surface area contributed by atoms with Crippen molar-refractivity contribution < 1.29 is 65.6 Å². The van der Waals surface area contributed by atoms with Crippen LogP contribution in [0.4, 0.5) is 8.78 Å². The van der Waals surface area contributed by atoms with Crippen LogP contribution < -0.4 is 21.7 Å². The predicted octanol–water partition coefficient (Wildman–Crippen LogP) is -1.11. The fourth-order valence-electron chi connectivity index (χ4n) is 2.19. The van der Waals surface area contributed by atoms with Crippen molar-refractivity contribution in [1.82, 2.24) is 9.97 Å². The van der Waals surface area contributed by atoms with Gasteiger partial charge in [-0.2, -0.15) is 0 Å². The van der Waals surface area contributed by atoms with Crippen molar-refractivity contribution in [2.45, 2.75) is 0 Å². The third kappa shape index (κ3) is 17.2. The van der Waals surface area contributed by atoms with Crippen molar-refractivity contribution in [2.75, 3.05) is 0 Å². The molecule has 0 saturated heterocycles. The van der Waals surface area contributed by atoms with Crippen molar-refractivity contribution in [3.8, 4) is 0 Å². The summed E-state index contributed by atoms with van der Waals surface area (Å²) in [7, 11) is 0. The monoisotopic (exact) mass is 618 g/mol. The van der Waals surface area contributed by atoms with Crippen molar-refractivity contribution in [3.63, 3.8) is 0 Å². The van der Waals surface area contributed by atoms with Crippen LogP contribution in [0.1, 0.15) is 41.4 Å². The second-order valence-corrected chi connectivity index (χ2v) is 6.80. The van der Waals surface area contributed by atoms with E-state index in [2.05, 4.69) is 9.97 Å². The fraction of sp³-hybridized carbons (Fsp3) is 0. The van der Waals surface area contributed by atoms with Gasteiger partial charge in [0.15, 0.2) is 0 Å². The molecule has 0 spiro atoms. The largest absolute Gasteiger partial charge is 2.00 e. The van der Waals surface area contributed by atoms with E-state index in [4.69, 9.17) is 11.5 Å². The fourth-order valence-corrected chi connectivity index (χ4v) is 2.19. The number of amides is 2. The van der Waals surface area contributed by atoms with Crippen molar-refractivity contribution >= 4 is 23.8 Å². The molecule has 2 heterocycles. The number of benzene rings is 2. The van der Waals surface area contributed by atoms with Crippen LogP contribution in [0.3, 0.4) is 0 Å². The van der Waals surface area contributed by atoms with E-state index in [1.807, 2.05) is 0 Å². The molecule has 0 fully saturated rings. The summed E-state index contributed by atoms with van der Waals surface area (Å²) in [4.78, 5) is 48.3. The zero-order valence-corrected chi connectivity index (χ0v) is 22.0. The Hall–Kier alpha value is -5.11. The van der Waals surface area contributed by atoms with Crippen LogP contribution >= 0.6 is 0 Å². The first-order valence-corrected chi connectivity index (χ1v) is 10.3. The molecule has 15 heteroatoms. The average molecular weight is 619 g/mol. The molecule has 220 valence electrons. The van der Waals surface area contributed by atoms with Crippen LogP contribution in [0, 0.1) is 11.6 Å². The number of carboxylic acids is 2. The number of nitrogens with zero attached hydrogens (tertiary/aromatic N) is 2. The molecule has 2 aromatic heterocycles. The molecule has 0 unspecified atom stereocenters. The summed E-state index contributed by atoms with van der Waals surface area (Å²) in [6.45, 7) is 0. The molecule has 10 N–H and O–H groups in total. The Morgan fingerprint density at radius 1 is 0.561 bits per heavy atom. The number of primary amides is 2. The maximum absolute atomic E-state index is 12.1. The van der Waals surface area contributed by atoms with E-state index in [1.165, 1.54) is 12.4 Å². The number of hydrogen-bond donors (Lipinski definition) is 2. The van der Waals surface area contributed by atoms with E-state index >= 15 is 0 Å². The summed E-state index contributed by atoms with van der Waals surface area (Å²) >= 11 is 0. The summed E-state index contributed by atoms with van der Waals surface area (Å²) in [5.74, 6) is -4.37. The molecule has 12 nitrogen and oxygen atoms in total. The molecule has 0 radical (unpaired) electrons. The van der Waals surface area contributed by atoms with Crippen molar-refractivity contribution in [1.29, 1.82) is 0 Å². The standard InChI is InChI=1S/2C7H5FO2.2C6H6N2O.Ni.2H2O/c2*8-6-3-1-5(2-4-6)7(9)10;2*7-6(9)5-2-1-3-8-4-5;;;/h2*1-4H,(H,9,10);2*1-4H,(H2,7,9);;2*1H2/q;;;;+2;;. The van der Waals surface area contributed by atoms with Gasteiger partial charge in [0.2, 0.25) is 11.8 Å². The Morgan fingerprint density at radius 2 is 0.854 bits per heavy atom. The molecular formula is C26H26F2N4NiO8+2. The number of carbonyl (C=O) groups is 4. The van der Waals surface area contributed by atoms with Gasteiger partial charge >= 0.3 is 16.5 Å². The van der Waals surface area contributed by atoms with Crippen LogP contribution in [-0.4, -0.2) is 33.7 Å². The maximum atomic E-state index is 12.1. The third-order valence-corrected chi connectivity index (χ3v) is 4.05. The molecule has 0 atom stereocenters. The van der Waals surface area contributed by atoms with E-state index in [1.54, 1.807) is 36.7 Å². The number of pyridine rings is 2. The smallest absolute Gasteiger partial charge is 0.545 e. The first-order valence-electron chi connectivity index (χ1n) is 10.3. The van der Waals surface area contributed by atoms with Crippen LogP contribution in [-0.2, 0) is 27.4 Å².